The van der Waals surface area contributed by atoms with Crippen molar-refractivity contribution in [1.29, 1.82) is 0 Å². The lowest BCUT2D eigenvalue weighted by molar-refractivity contribution is -0.128. The summed E-state index contributed by atoms with van der Waals surface area (Å²) in [4.78, 5) is 45.0. The van der Waals surface area contributed by atoms with Crippen LogP contribution in [0.2, 0.25) is 0 Å². The number of carbonyl (C=O) groups is 2. The monoisotopic (exact) mass is 498 g/mol. The summed E-state index contributed by atoms with van der Waals surface area (Å²) >= 11 is 1.59. The smallest absolute Gasteiger partial charge is 0.410 e. The van der Waals surface area contributed by atoms with E-state index < -0.39 is 5.60 Å². The van der Waals surface area contributed by atoms with Crippen LogP contribution >= 0.6 is 11.8 Å². The minimum absolute atomic E-state index is 0.00908. The van der Waals surface area contributed by atoms with Gasteiger partial charge in [-0.1, -0.05) is 13.8 Å². The van der Waals surface area contributed by atoms with E-state index in [4.69, 9.17) is 4.74 Å². The maximum Gasteiger partial charge on any atom is 0.410 e. The Kier molecular flexibility index (Phi) is 6.41. The Bertz CT molecular complexity index is 1150. The van der Waals surface area contributed by atoms with Crippen LogP contribution in [0, 0.1) is 11.8 Å². The van der Waals surface area contributed by atoms with Crippen molar-refractivity contribution >= 4 is 40.6 Å². The fourth-order valence-corrected chi connectivity index (χ4v) is 5.94. The molecule has 3 aliphatic heterocycles. The first-order valence-electron chi connectivity index (χ1n) is 12.4. The van der Waals surface area contributed by atoms with Crippen molar-refractivity contribution in [2.45, 2.75) is 52.2 Å². The normalized spacial score (nSPS) is 23.0. The number of carbonyl (C=O) groups excluding carboxylic acids is 2. The summed E-state index contributed by atoms with van der Waals surface area (Å²) in [5.74, 6) is 2.27. The molecule has 35 heavy (non-hydrogen) atoms. The number of likely N-dealkylation sites (tertiary alicyclic amines) is 2. The molecule has 5 heterocycles. The van der Waals surface area contributed by atoms with Gasteiger partial charge in [0.1, 0.15) is 23.4 Å². The molecule has 2 fully saturated rings. The largest absolute Gasteiger partial charge is 0.443 e. The van der Waals surface area contributed by atoms with Gasteiger partial charge in [0.2, 0.25) is 0 Å². The van der Waals surface area contributed by atoms with Crippen molar-refractivity contribution in [3.63, 3.8) is 0 Å². The maximum absolute atomic E-state index is 13.6. The highest BCUT2D eigenvalue weighted by atomic mass is 32.2. The molecule has 188 valence electrons. The molecular weight excluding hydrogens is 464 g/mol. The van der Waals surface area contributed by atoms with E-state index in [1.54, 1.807) is 18.1 Å². The standard InChI is InChI=1S/C25H34N6O3S/c1-16(2)25(3,4)34-24(33)31-10-7-17-6-9-30(13-19(17)31)23(32)20-14-29(11-12-35-20)22-18-5-8-26-21(18)27-15-28-22/h5,8,14-17,19H,6-7,9-13H2,1-4H3,(H,26,27,28)/t17-,19-/m0/s1. The Labute approximate surface area is 210 Å². The van der Waals surface area contributed by atoms with Crippen LogP contribution in [-0.2, 0) is 9.53 Å². The van der Waals surface area contributed by atoms with Crippen molar-refractivity contribution in [2.24, 2.45) is 11.8 Å². The van der Waals surface area contributed by atoms with Gasteiger partial charge in [-0.2, -0.15) is 0 Å². The van der Waals surface area contributed by atoms with Crippen LogP contribution in [0.4, 0.5) is 10.6 Å². The molecule has 0 saturated carbocycles. The molecule has 9 nitrogen and oxygen atoms in total. The molecule has 2 aromatic rings. The van der Waals surface area contributed by atoms with Crippen molar-refractivity contribution in [1.82, 2.24) is 24.8 Å². The molecule has 0 unspecified atom stereocenters. The number of ether oxygens (including phenoxy) is 1. The number of rotatable bonds is 4. The van der Waals surface area contributed by atoms with Crippen molar-refractivity contribution in [3.8, 4) is 0 Å². The summed E-state index contributed by atoms with van der Waals surface area (Å²) in [6.07, 6.45) is 6.93. The van der Waals surface area contributed by atoms with Crippen LogP contribution in [-0.4, -0.2) is 80.3 Å². The molecule has 2 amide bonds. The Morgan fingerprint density at radius 2 is 2.00 bits per heavy atom. The average molecular weight is 499 g/mol. The van der Waals surface area contributed by atoms with Crippen molar-refractivity contribution < 1.29 is 14.3 Å². The number of hydrogen-bond acceptors (Lipinski definition) is 7. The van der Waals surface area contributed by atoms with Crippen LogP contribution < -0.4 is 4.90 Å². The van der Waals surface area contributed by atoms with E-state index in [0.717, 1.165) is 42.0 Å². The second-order valence-corrected chi connectivity index (χ2v) is 11.6. The molecule has 0 bridgehead atoms. The second-order valence-electron chi connectivity index (χ2n) is 10.4. The molecule has 2 saturated heterocycles. The zero-order valence-corrected chi connectivity index (χ0v) is 21.7. The first kappa shape index (κ1) is 24.0. The number of nitrogens with one attached hydrogen (secondary N) is 1. The quantitative estimate of drug-likeness (QED) is 0.684. The summed E-state index contributed by atoms with van der Waals surface area (Å²) in [6, 6.07) is 1.97. The van der Waals surface area contributed by atoms with Gasteiger partial charge in [-0.3, -0.25) is 4.79 Å². The van der Waals surface area contributed by atoms with Crippen molar-refractivity contribution in [2.75, 3.05) is 36.8 Å². The van der Waals surface area contributed by atoms with Gasteiger partial charge in [0.25, 0.3) is 5.91 Å². The topological polar surface area (TPSA) is 94.7 Å². The van der Waals surface area contributed by atoms with Gasteiger partial charge < -0.3 is 24.4 Å². The van der Waals surface area contributed by atoms with Gasteiger partial charge >= 0.3 is 6.09 Å². The number of amides is 2. The lowest BCUT2D eigenvalue weighted by atomic mass is 9.92. The third kappa shape index (κ3) is 4.60. The highest BCUT2D eigenvalue weighted by molar-refractivity contribution is 8.04. The van der Waals surface area contributed by atoms with Gasteiger partial charge in [-0.25, -0.2) is 14.8 Å². The molecule has 5 rings (SSSR count). The SMILES string of the molecule is CC(C)C(C)(C)OC(=O)N1CC[C@@H]2CCN(C(=O)C3=CN(c4ncnc5[nH]ccc45)CCS3)C[C@@H]21. The number of aromatic nitrogens is 3. The number of H-pyrrole nitrogens is 1. The summed E-state index contributed by atoms with van der Waals surface area (Å²) in [5, 5.41) is 0.938. The average Bonchev–Trinajstić information content (AvgIpc) is 3.50. The summed E-state index contributed by atoms with van der Waals surface area (Å²) in [5.41, 5.74) is 0.253. The zero-order valence-electron chi connectivity index (χ0n) is 20.9. The van der Waals surface area contributed by atoms with E-state index in [1.165, 1.54) is 0 Å². The highest BCUT2D eigenvalue weighted by Crippen LogP contribution is 2.36. The second kappa shape index (κ2) is 9.37. The Morgan fingerprint density at radius 3 is 2.80 bits per heavy atom. The molecule has 10 heteroatoms. The number of fused-ring (bicyclic) bond motifs is 2. The lowest BCUT2D eigenvalue weighted by Gasteiger charge is -2.40. The third-order valence-corrected chi connectivity index (χ3v) is 8.78. The number of hydrogen-bond donors (Lipinski definition) is 1. The Hall–Kier alpha value is -2.75. The summed E-state index contributed by atoms with van der Waals surface area (Å²) < 4.78 is 5.88. The minimum atomic E-state index is -0.530. The van der Waals surface area contributed by atoms with E-state index in [-0.39, 0.29) is 24.0 Å². The highest BCUT2D eigenvalue weighted by Gasteiger charge is 2.44. The van der Waals surface area contributed by atoms with E-state index in [9.17, 15) is 9.59 Å². The van der Waals surface area contributed by atoms with E-state index in [1.807, 2.05) is 47.0 Å². The van der Waals surface area contributed by atoms with Crippen LogP contribution in [0.1, 0.15) is 40.5 Å². The van der Waals surface area contributed by atoms with Gasteiger partial charge in [-0.05, 0) is 44.6 Å². The molecule has 2 aromatic heterocycles. The molecule has 1 N–H and O–H groups in total. The number of nitrogens with zero attached hydrogens (tertiary/aromatic N) is 5. The Balaban J connectivity index is 1.30. The maximum atomic E-state index is 13.6. The third-order valence-electron chi connectivity index (χ3n) is 7.80. The summed E-state index contributed by atoms with van der Waals surface area (Å²) in [7, 11) is 0. The minimum Gasteiger partial charge on any atom is -0.443 e. The predicted octanol–water partition coefficient (Wildman–Crippen LogP) is 3.85. The lowest BCUT2D eigenvalue weighted by Crippen LogP contribution is -2.53. The van der Waals surface area contributed by atoms with Gasteiger partial charge in [0.05, 0.1) is 16.3 Å². The van der Waals surface area contributed by atoms with E-state index >= 15 is 0 Å². The molecule has 0 aliphatic carbocycles. The molecular formula is C25H34N6O3S. The fourth-order valence-electron chi connectivity index (χ4n) is 4.98. The molecule has 2 atom stereocenters. The van der Waals surface area contributed by atoms with Crippen LogP contribution in [0.25, 0.3) is 11.0 Å². The number of thioether (sulfide) groups is 1. The van der Waals surface area contributed by atoms with Gasteiger partial charge in [0.15, 0.2) is 0 Å². The van der Waals surface area contributed by atoms with Gasteiger partial charge in [0, 0.05) is 44.3 Å². The van der Waals surface area contributed by atoms with Crippen LogP contribution in [0.15, 0.2) is 29.7 Å². The number of anilines is 1. The summed E-state index contributed by atoms with van der Waals surface area (Å²) in [6.45, 7) is 10.8. The van der Waals surface area contributed by atoms with Crippen LogP contribution in [0.3, 0.4) is 0 Å². The van der Waals surface area contributed by atoms with E-state index in [2.05, 4.69) is 28.8 Å². The van der Waals surface area contributed by atoms with Gasteiger partial charge in [-0.15, -0.1) is 11.8 Å². The first-order valence-corrected chi connectivity index (χ1v) is 13.4. The van der Waals surface area contributed by atoms with Crippen molar-refractivity contribution in [3.05, 3.63) is 29.7 Å². The molecule has 3 aliphatic rings. The molecule has 0 spiro atoms. The molecule has 0 radical (unpaired) electrons. The Morgan fingerprint density at radius 1 is 1.20 bits per heavy atom. The number of aromatic amines is 1. The fraction of sp³-hybridized carbons (Fsp3) is 0.600. The van der Waals surface area contributed by atoms with Crippen LogP contribution in [0.5, 0.6) is 0 Å². The van der Waals surface area contributed by atoms with E-state index in [0.29, 0.717) is 30.5 Å². The first-order chi connectivity index (χ1) is 16.7. The predicted molar refractivity (Wildman–Crippen MR) is 137 cm³/mol. The number of piperidine rings is 1. The zero-order chi connectivity index (χ0) is 24.7. The molecule has 0 aromatic carbocycles.